The van der Waals surface area contributed by atoms with Gasteiger partial charge in [0.25, 0.3) is 0 Å². The molecular formula is C12H28ClNO. The first-order chi connectivity index (χ1) is 6.56. The van der Waals surface area contributed by atoms with Gasteiger partial charge in [0.05, 0.1) is 14.1 Å². The Morgan fingerprint density at radius 3 is 1.60 bits per heavy atom. The third-order valence-electron chi connectivity index (χ3n) is 2.56. The van der Waals surface area contributed by atoms with Crippen LogP contribution in [0.25, 0.3) is 0 Å². The van der Waals surface area contributed by atoms with E-state index < -0.39 is 0 Å². The van der Waals surface area contributed by atoms with Crippen LogP contribution in [-0.2, 0) is 0 Å². The summed E-state index contributed by atoms with van der Waals surface area (Å²) < 4.78 is 0.121. The van der Waals surface area contributed by atoms with Crippen molar-refractivity contribution in [3.8, 4) is 0 Å². The number of halogens is 1. The molecule has 0 bridgehead atoms. The smallest absolute Gasteiger partial charge is 0.108 e. The van der Waals surface area contributed by atoms with Crippen molar-refractivity contribution < 1.29 is 22.3 Å². The molecule has 1 N–H and O–H groups in total. The van der Waals surface area contributed by atoms with Gasteiger partial charge in [-0.3, -0.25) is 0 Å². The fourth-order valence-corrected chi connectivity index (χ4v) is 1.63. The highest BCUT2D eigenvalue weighted by Gasteiger charge is 2.08. The average molecular weight is 238 g/mol. The Morgan fingerprint density at radius 2 is 1.20 bits per heavy atom. The number of quaternary nitrogens is 1. The van der Waals surface area contributed by atoms with E-state index in [2.05, 4.69) is 6.92 Å². The van der Waals surface area contributed by atoms with E-state index in [4.69, 9.17) is 0 Å². The van der Waals surface area contributed by atoms with Crippen LogP contribution in [0, 0.1) is 0 Å². The van der Waals surface area contributed by atoms with Gasteiger partial charge in [-0.2, -0.15) is 4.65 Å². The Hall–Kier alpha value is 0.210. The summed E-state index contributed by atoms with van der Waals surface area (Å²) in [6, 6.07) is 0. The molecule has 2 nitrogen and oxygen atoms in total. The van der Waals surface area contributed by atoms with Crippen molar-refractivity contribution in [2.24, 2.45) is 0 Å². The van der Waals surface area contributed by atoms with Crippen molar-refractivity contribution >= 4 is 0 Å². The Labute approximate surface area is 102 Å². The average Bonchev–Trinajstić information content (AvgIpc) is 2.08. The second kappa shape index (κ2) is 10.7. The van der Waals surface area contributed by atoms with Gasteiger partial charge in [-0.25, -0.2) is 5.21 Å². The fourth-order valence-electron chi connectivity index (χ4n) is 1.63. The van der Waals surface area contributed by atoms with Crippen LogP contribution in [0.3, 0.4) is 0 Å². The SMILES string of the molecule is CCCCCCCCCC[N+](C)(C)O.[Cl-]. The molecule has 0 rings (SSSR count). The van der Waals surface area contributed by atoms with Gasteiger partial charge in [-0.15, -0.1) is 0 Å². The number of hydroxylamine groups is 3. The van der Waals surface area contributed by atoms with E-state index in [0.29, 0.717) is 0 Å². The second-order valence-electron chi connectivity index (χ2n) is 4.82. The zero-order valence-corrected chi connectivity index (χ0v) is 11.4. The lowest BCUT2D eigenvalue weighted by atomic mass is 10.1. The monoisotopic (exact) mass is 237 g/mol. The standard InChI is InChI=1S/C12H28NO.ClH/c1-4-5-6-7-8-9-10-11-12-13(2,3)14;/h14H,4-12H2,1-3H3;1H/q+1;/p-1. The van der Waals surface area contributed by atoms with Crippen LogP contribution in [0.2, 0.25) is 0 Å². The summed E-state index contributed by atoms with van der Waals surface area (Å²) in [5.74, 6) is 0. The molecule has 0 amide bonds. The molecule has 0 aliphatic rings. The summed E-state index contributed by atoms with van der Waals surface area (Å²) in [5.41, 5.74) is 0. The van der Waals surface area contributed by atoms with Crippen molar-refractivity contribution in [2.45, 2.75) is 58.3 Å². The third-order valence-corrected chi connectivity index (χ3v) is 2.56. The van der Waals surface area contributed by atoms with E-state index in [9.17, 15) is 5.21 Å². The zero-order valence-electron chi connectivity index (χ0n) is 10.6. The highest BCUT2D eigenvalue weighted by Crippen LogP contribution is 2.09. The Kier molecular flexibility index (Phi) is 12.6. The van der Waals surface area contributed by atoms with Gasteiger partial charge in [0.2, 0.25) is 0 Å². The minimum Gasteiger partial charge on any atom is -1.00 e. The molecule has 94 valence electrons. The molecule has 0 spiro atoms. The summed E-state index contributed by atoms with van der Waals surface area (Å²) in [6.45, 7) is 3.14. The molecule has 0 radical (unpaired) electrons. The summed E-state index contributed by atoms with van der Waals surface area (Å²) in [5, 5.41) is 9.43. The van der Waals surface area contributed by atoms with E-state index in [1.807, 2.05) is 14.1 Å². The van der Waals surface area contributed by atoms with E-state index in [1.54, 1.807) is 0 Å². The van der Waals surface area contributed by atoms with E-state index >= 15 is 0 Å². The van der Waals surface area contributed by atoms with Crippen molar-refractivity contribution in [3.05, 3.63) is 0 Å². The van der Waals surface area contributed by atoms with E-state index in [0.717, 1.165) is 13.0 Å². The highest BCUT2D eigenvalue weighted by atomic mass is 35.5. The maximum absolute atomic E-state index is 9.43. The first-order valence-electron chi connectivity index (χ1n) is 6.12. The minimum atomic E-state index is 0. The van der Waals surface area contributed by atoms with E-state index in [1.165, 1.54) is 44.9 Å². The van der Waals surface area contributed by atoms with Gasteiger partial charge in [0.15, 0.2) is 0 Å². The van der Waals surface area contributed by atoms with Crippen LogP contribution in [0.5, 0.6) is 0 Å². The number of hydrogen-bond donors (Lipinski definition) is 1. The van der Waals surface area contributed by atoms with Crippen LogP contribution in [0.15, 0.2) is 0 Å². The fraction of sp³-hybridized carbons (Fsp3) is 1.00. The van der Waals surface area contributed by atoms with Gasteiger partial charge < -0.3 is 12.4 Å². The van der Waals surface area contributed by atoms with Crippen molar-refractivity contribution in [2.75, 3.05) is 20.6 Å². The molecule has 3 heteroatoms. The number of hydrogen-bond acceptors (Lipinski definition) is 1. The Balaban J connectivity index is 0. The first kappa shape index (κ1) is 17.6. The molecule has 0 aromatic rings. The number of nitrogens with zero attached hydrogens (tertiary/aromatic N) is 1. The first-order valence-corrected chi connectivity index (χ1v) is 6.12. The number of unbranched alkanes of at least 4 members (excludes halogenated alkanes) is 7. The molecular weight excluding hydrogens is 210 g/mol. The molecule has 15 heavy (non-hydrogen) atoms. The lowest BCUT2D eigenvalue weighted by Crippen LogP contribution is -3.00. The molecule has 0 heterocycles. The summed E-state index contributed by atoms with van der Waals surface area (Å²) in [7, 11) is 3.67. The predicted octanol–water partition coefficient (Wildman–Crippen LogP) is 0.597. The van der Waals surface area contributed by atoms with Gasteiger partial charge in [0.1, 0.15) is 6.54 Å². The van der Waals surface area contributed by atoms with Crippen LogP contribution in [-0.4, -0.2) is 30.5 Å². The van der Waals surface area contributed by atoms with Crippen LogP contribution in [0.1, 0.15) is 58.3 Å². The van der Waals surface area contributed by atoms with Crippen LogP contribution < -0.4 is 12.4 Å². The molecule has 0 saturated carbocycles. The minimum absolute atomic E-state index is 0. The molecule has 0 aromatic carbocycles. The van der Waals surface area contributed by atoms with Gasteiger partial charge >= 0.3 is 0 Å². The lowest BCUT2D eigenvalue weighted by molar-refractivity contribution is -1.07. The molecule has 0 aliphatic carbocycles. The van der Waals surface area contributed by atoms with Gasteiger partial charge in [-0.05, 0) is 12.8 Å². The van der Waals surface area contributed by atoms with E-state index in [-0.39, 0.29) is 17.1 Å². The maximum atomic E-state index is 9.43. The third kappa shape index (κ3) is 16.9. The molecule has 0 unspecified atom stereocenters. The molecule has 0 fully saturated rings. The van der Waals surface area contributed by atoms with Crippen molar-refractivity contribution in [1.29, 1.82) is 0 Å². The summed E-state index contributed by atoms with van der Waals surface area (Å²) in [4.78, 5) is 0. The van der Waals surface area contributed by atoms with Crippen molar-refractivity contribution in [3.63, 3.8) is 0 Å². The topological polar surface area (TPSA) is 20.2 Å². The Morgan fingerprint density at radius 1 is 0.800 bits per heavy atom. The van der Waals surface area contributed by atoms with Gasteiger partial charge in [0, 0.05) is 0 Å². The largest absolute Gasteiger partial charge is 1.00 e. The van der Waals surface area contributed by atoms with Crippen molar-refractivity contribution in [1.82, 2.24) is 0 Å². The van der Waals surface area contributed by atoms with Gasteiger partial charge in [-0.1, -0.05) is 45.4 Å². The normalized spacial score (nSPS) is 11.2. The quantitative estimate of drug-likeness (QED) is 0.354. The molecule has 0 saturated heterocycles. The van der Waals surface area contributed by atoms with Crippen LogP contribution >= 0.6 is 0 Å². The summed E-state index contributed by atoms with van der Waals surface area (Å²) >= 11 is 0. The zero-order chi connectivity index (χ0) is 10.9. The highest BCUT2D eigenvalue weighted by molar-refractivity contribution is 4.45. The number of rotatable bonds is 9. The Bertz CT molecular complexity index is 123. The lowest BCUT2D eigenvalue weighted by Gasteiger charge is -2.18. The molecule has 0 aliphatic heterocycles. The predicted molar refractivity (Wildman–Crippen MR) is 61.4 cm³/mol. The van der Waals surface area contributed by atoms with Crippen LogP contribution in [0.4, 0.5) is 0 Å². The second-order valence-corrected chi connectivity index (χ2v) is 4.82. The molecule has 0 atom stereocenters. The summed E-state index contributed by atoms with van der Waals surface area (Å²) in [6.07, 6.45) is 10.6. The molecule has 0 aromatic heterocycles. The maximum Gasteiger partial charge on any atom is 0.108 e.